The van der Waals surface area contributed by atoms with Crippen LogP contribution < -0.4 is 0 Å². The largest absolute Gasteiger partial charge is 0.0623 e. The quantitative estimate of drug-likeness (QED) is 0.554. The molecule has 1 aliphatic carbocycles. The molecule has 0 radical (unpaired) electrons. The van der Waals surface area contributed by atoms with Gasteiger partial charge < -0.3 is 0 Å². The van der Waals surface area contributed by atoms with Gasteiger partial charge in [0.15, 0.2) is 0 Å². The lowest BCUT2D eigenvalue weighted by Crippen LogP contribution is -2.26. The smallest absolute Gasteiger partial charge is 0.0354 e. The van der Waals surface area contributed by atoms with Crippen LogP contribution >= 0.6 is 0 Å². The highest BCUT2D eigenvalue weighted by Crippen LogP contribution is 2.44. The summed E-state index contributed by atoms with van der Waals surface area (Å²) in [6.45, 7) is 9.56. The van der Waals surface area contributed by atoms with Crippen LogP contribution in [0.3, 0.4) is 0 Å². The fourth-order valence-electron chi connectivity index (χ4n) is 1.99. The lowest BCUT2D eigenvalue weighted by Gasteiger charge is -2.39. The Balaban J connectivity index is 0.000000181. The van der Waals surface area contributed by atoms with E-state index in [0.717, 1.165) is 0 Å². The van der Waals surface area contributed by atoms with Gasteiger partial charge in [-0.1, -0.05) is 64.1 Å². The molecule has 0 aliphatic heterocycles. The molecule has 0 heteroatoms. The highest BCUT2D eigenvalue weighted by atomic mass is 14.4. The van der Waals surface area contributed by atoms with Crippen LogP contribution in [0.2, 0.25) is 0 Å². The van der Waals surface area contributed by atoms with Gasteiger partial charge in [-0.25, -0.2) is 0 Å². The summed E-state index contributed by atoms with van der Waals surface area (Å²) in [7, 11) is 0. The first-order valence-corrected chi connectivity index (χ1v) is 6.41. The van der Waals surface area contributed by atoms with Crippen molar-refractivity contribution in [1.29, 1.82) is 0 Å². The van der Waals surface area contributed by atoms with E-state index in [0.29, 0.717) is 10.8 Å². The third kappa shape index (κ3) is 5.34. The lowest BCUT2D eigenvalue weighted by molar-refractivity contribution is 0.133. The second-order valence-corrected chi connectivity index (χ2v) is 6.48. The molecule has 0 heterocycles. The van der Waals surface area contributed by atoms with Gasteiger partial charge in [0.25, 0.3) is 0 Å². The van der Waals surface area contributed by atoms with Crippen molar-refractivity contribution in [2.75, 3.05) is 0 Å². The van der Waals surface area contributed by atoms with Crippen LogP contribution in [-0.2, 0) is 0 Å². The van der Waals surface area contributed by atoms with Crippen molar-refractivity contribution in [3.05, 3.63) is 36.4 Å². The van der Waals surface area contributed by atoms with Gasteiger partial charge in [-0.3, -0.25) is 0 Å². The molecule has 1 aromatic rings. The van der Waals surface area contributed by atoms with Gasteiger partial charge in [0, 0.05) is 0 Å². The Kier molecular flexibility index (Phi) is 4.58. The molecule has 0 bridgehead atoms. The van der Waals surface area contributed by atoms with E-state index in [2.05, 4.69) is 27.7 Å². The number of hydrogen-bond acceptors (Lipinski definition) is 0. The van der Waals surface area contributed by atoms with Gasteiger partial charge in [-0.15, -0.1) is 0 Å². The Morgan fingerprint density at radius 3 is 0.875 bits per heavy atom. The van der Waals surface area contributed by atoms with E-state index in [1.54, 1.807) is 0 Å². The summed E-state index contributed by atoms with van der Waals surface area (Å²) in [6.07, 6.45) is 5.67. The molecule has 2 rings (SSSR count). The standard InChI is InChI=1S/C10H20.C6H6/c1-9(2)5-7-10(3,4)8-6-9;1-2-4-6-5-3-1/h5-8H2,1-4H3;1-6H. The molecule has 0 aromatic heterocycles. The molecule has 16 heavy (non-hydrogen) atoms. The van der Waals surface area contributed by atoms with E-state index in [-0.39, 0.29) is 0 Å². The molecule has 0 unspecified atom stereocenters. The number of rotatable bonds is 0. The molecule has 1 fully saturated rings. The molecular formula is C16H26. The lowest BCUT2D eigenvalue weighted by atomic mass is 9.67. The molecule has 0 N–H and O–H groups in total. The van der Waals surface area contributed by atoms with Crippen molar-refractivity contribution in [3.63, 3.8) is 0 Å². The summed E-state index contributed by atoms with van der Waals surface area (Å²) in [6, 6.07) is 12.0. The number of hydrogen-bond donors (Lipinski definition) is 0. The zero-order valence-corrected chi connectivity index (χ0v) is 11.3. The fraction of sp³-hybridized carbons (Fsp3) is 0.625. The van der Waals surface area contributed by atoms with E-state index >= 15 is 0 Å². The first kappa shape index (κ1) is 13.3. The predicted octanol–water partition coefficient (Wildman–Crippen LogP) is 5.30. The maximum Gasteiger partial charge on any atom is -0.0354 e. The predicted molar refractivity (Wildman–Crippen MR) is 72.5 cm³/mol. The van der Waals surface area contributed by atoms with Crippen LogP contribution in [0.5, 0.6) is 0 Å². The van der Waals surface area contributed by atoms with Gasteiger partial charge in [-0.05, 0) is 36.5 Å². The van der Waals surface area contributed by atoms with Crippen LogP contribution in [-0.4, -0.2) is 0 Å². The minimum Gasteiger partial charge on any atom is -0.0623 e. The van der Waals surface area contributed by atoms with Crippen LogP contribution in [0.15, 0.2) is 36.4 Å². The first-order valence-electron chi connectivity index (χ1n) is 6.41. The van der Waals surface area contributed by atoms with Crippen LogP contribution in [0, 0.1) is 10.8 Å². The normalized spacial score (nSPS) is 21.8. The monoisotopic (exact) mass is 218 g/mol. The fourth-order valence-corrected chi connectivity index (χ4v) is 1.99. The SMILES string of the molecule is CC1(C)CCC(C)(C)CC1.c1ccccc1. The van der Waals surface area contributed by atoms with Crippen molar-refractivity contribution in [2.24, 2.45) is 10.8 Å². The van der Waals surface area contributed by atoms with E-state index in [1.165, 1.54) is 25.7 Å². The zero-order valence-electron chi connectivity index (χ0n) is 11.3. The summed E-state index contributed by atoms with van der Waals surface area (Å²) in [4.78, 5) is 0. The Labute approximate surface area is 101 Å². The number of benzene rings is 1. The second-order valence-electron chi connectivity index (χ2n) is 6.48. The van der Waals surface area contributed by atoms with Crippen molar-refractivity contribution in [3.8, 4) is 0 Å². The minimum atomic E-state index is 0.634. The van der Waals surface area contributed by atoms with Crippen molar-refractivity contribution >= 4 is 0 Å². The van der Waals surface area contributed by atoms with Crippen LogP contribution in [0.4, 0.5) is 0 Å². The van der Waals surface area contributed by atoms with Gasteiger partial charge in [0.2, 0.25) is 0 Å². The zero-order chi connectivity index (χ0) is 12.1. The molecule has 0 saturated heterocycles. The van der Waals surface area contributed by atoms with Crippen LogP contribution in [0.1, 0.15) is 53.4 Å². The van der Waals surface area contributed by atoms with E-state index in [9.17, 15) is 0 Å². The van der Waals surface area contributed by atoms with E-state index < -0.39 is 0 Å². The third-order valence-electron chi connectivity index (χ3n) is 3.62. The third-order valence-corrected chi connectivity index (χ3v) is 3.62. The molecule has 0 amide bonds. The van der Waals surface area contributed by atoms with Crippen molar-refractivity contribution in [1.82, 2.24) is 0 Å². The second kappa shape index (κ2) is 5.52. The van der Waals surface area contributed by atoms with Gasteiger partial charge in [0.05, 0.1) is 0 Å². The molecule has 0 spiro atoms. The topological polar surface area (TPSA) is 0 Å². The molecule has 1 saturated carbocycles. The average molecular weight is 218 g/mol. The highest BCUT2D eigenvalue weighted by Gasteiger charge is 2.30. The summed E-state index contributed by atoms with van der Waals surface area (Å²) in [5.41, 5.74) is 1.27. The molecule has 1 aliphatic rings. The summed E-state index contributed by atoms with van der Waals surface area (Å²) < 4.78 is 0. The van der Waals surface area contributed by atoms with E-state index in [4.69, 9.17) is 0 Å². The van der Waals surface area contributed by atoms with Crippen LogP contribution in [0.25, 0.3) is 0 Å². The van der Waals surface area contributed by atoms with Gasteiger partial charge in [0.1, 0.15) is 0 Å². The molecule has 90 valence electrons. The molecule has 1 aromatic carbocycles. The Morgan fingerprint density at radius 2 is 0.688 bits per heavy atom. The molecule has 0 nitrogen and oxygen atoms in total. The van der Waals surface area contributed by atoms with Crippen molar-refractivity contribution in [2.45, 2.75) is 53.4 Å². The molecule has 0 atom stereocenters. The minimum absolute atomic E-state index is 0.634. The average Bonchev–Trinajstić information content (AvgIpc) is 2.27. The van der Waals surface area contributed by atoms with Gasteiger partial charge >= 0.3 is 0 Å². The van der Waals surface area contributed by atoms with Gasteiger partial charge in [-0.2, -0.15) is 0 Å². The maximum atomic E-state index is 2.39. The summed E-state index contributed by atoms with van der Waals surface area (Å²) in [5.74, 6) is 0. The Morgan fingerprint density at radius 1 is 0.500 bits per heavy atom. The maximum absolute atomic E-state index is 2.39. The first-order chi connectivity index (χ1) is 7.41. The summed E-state index contributed by atoms with van der Waals surface area (Å²) in [5, 5.41) is 0. The highest BCUT2D eigenvalue weighted by molar-refractivity contribution is 4.99. The Hall–Kier alpha value is -0.780. The van der Waals surface area contributed by atoms with E-state index in [1.807, 2.05) is 36.4 Å². The summed E-state index contributed by atoms with van der Waals surface area (Å²) >= 11 is 0. The molecular weight excluding hydrogens is 192 g/mol. The van der Waals surface area contributed by atoms with Crippen molar-refractivity contribution < 1.29 is 0 Å². The Bertz CT molecular complexity index is 227.